The van der Waals surface area contributed by atoms with Crippen molar-refractivity contribution in [1.29, 1.82) is 0 Å². The van der Waals surface area contributed by atoms with Crippen LogP contribution in [0.3, 0.4) is 0 Å². The number of nitrogens with zero attached hydrogens (tertiary/aromatic N) is 2. The number of sulfonamides is 1. The number of aromatic nitrogens is 2. The molecule has 7 nitrogen and oxygen atoms in total. The lowest BCUT2D eigenvalue weighted by atomic mass is 10.1. The summed E-state index contributed by atoms with van der Waals surface area (Å²) in [5.41, 5.74) is 1.63. The molecule has 28 heavy (non-hydrogen) atoms. The maximum absolute atomic E-state index is 12.1. The van der Waals surface area contributed by atoms with Gasteiger partial charge >= 0.3 is 0 Å². The van der Waals surface area contributed by atoms with Crippen molar-refractivity contribution in [1.82, 2.24) is 14.9 Å². The molecule has 0 bridgehead atoms. The van der Waals surface area contributed by atoms with E-state index in [0.717, 1.165) is 16.2 Å². The molecule has 0 aliphatic heterocycles. The van der Waals surface area contributed by atoms with Crippen molar-refractivity contribution in [3.63, 3.8) is 0 Å². The number of hydrogen-bond donors (Lipinski definition) is 1. The van der Waals surface area contributed by atoms with Crippen LogP contribution in [-0.2, 0) is 10.0 Å². The molecule has 0 aliphatic rings. The van der Waals surface area contributed by atoms with E-state index in [1.54, 1.807) is 24.3 Å². The molecule has 2 heterocycles. The molecule has 9 heteroatoms. The third-order valence-electron chi connectivity index (χ3n) is 3.73. The number of nitrogens with one attached hydrogen (secondary N) is 1. The zero-order valence-electron chi connectivity index (χ0n) is 15.6. The van der Waals surface area contributed by atoms with E-state index in [9.17, 15) is 8.42 Å². The first-order valence-electron chi connectivity index (χ1n) is 8.74. The molecule has 0 spiro atoms. The first-order valence-corrected chi connectivity index (χ1v) is 11.0. The minimum absolute atomic E-state index is 0.140. The topological polar surface area (TPSA) is 90.4 Å². The summed E-state index contributed by atoms with van der Waals surface area (Å²) < 4.78 is 38.0. The van der Waals surface area contributed by atoms with Crippen molar-refractivity contribution < 1.29 is 17.9 Å². The Morgan fingerprint density at radius 2 is 1.79 bits per heavy atom. The molecule has 0 fully saturated rings. The normalized spacial score (nSPS) is 11.4. The van der Waals surface area contributed by atoms with Gasteiger partial charge in [0.2, 0.25) is 15.9 Å². The highest BCUT2D eigenvalue weighted by Crippen LogP contribution is 2.22. The Labute approximate surface area is 168 Å². The van der Waals surface area contributed by atoms with Gasteiger partial charge in [-0.15, -0.1) is 21.5 Å². The summed E-state index contributed by atoms with van der Waals surface area (Å²) in [6.07, 6.45) is 0. The number of ether oxygens (including phenoxy) is 2. The lowest BCUT2D eigenvalue weighted by molar-refractivity contribution is 0.307. The van der Waals surface area contributed by atoms with Gasteiger partial charge in [0, 0.05) is 23.1 Å². The SMILES string of the molecule is CCOc1ccc(-c2ccc(OCCNS(=O)(=O)c3ccc(C)s3)nn2)cc1. The zero-order chi connectivity index (χ0) is 20.0. The minimum atomic E-state index is -3.50. The lowest BCUT2D eigenvalue weighted by Crippen LogP contribution is -2.27. The summed E-state index contributed by atoms with van der Waals surface area (Å²) >= 11 is 1.23. The van der Waals surface area contributed by atoms with Crippen molar-refractivity contribution in [3.05, 3.63) is 53.4 Å². The molecule has 0 aliphatic carbocycles. The third kappa shape index (κ3) is 5.28. The summed E-state index contributed by atoms with van der Waals surface area (Å²) in [6, 6.07) is 14.5. The molecule has 148 valence electrons. The van der Waals surface area contributed by atoms with Crippen LogP contribution in [0.15, 0.2) is 52.7 Å². The second-order valence-electron chi connectivity index (χ2n) is 5.83. The highest BCUT2D eigenvalue weighted by atomic mass is 32.2. The van der Waals surface area contributed by atoms with Crippen molar-refractivity contribution in [2.24, 2.45) is 0 Å². The minimum Gasteiger partial charge on any atom is -0.494 e. The van der Waals surface area contributed by atoms with Crippen LogP contribution in [0.5, 0.6) is 11.6 Å². The second-order valence-corrected chi connectivity index (χ2v) is 9.11. The Bertz CT molecular complexity index is 1000. The van der Waals surface area contributed by atoms with E-state index >= 15 is 0 Å². The number of hydrogen-bond acceptors (Lipinski definition) is 7. The number of rotatable bonds is 9. The predicted molar refractivity (Wildman–Crippen MR) is 108 cm³/mol. The van der Waals surface area contributed by atoms with Crippen molar-refractivity contribution >= 4 is 21.4 Å². The van der Waals surface area contributed by atoms with E-state index in [1.165, 1.54) is 11.3 Å². The van der Waals surface area contributed by atoms with Crippen LogP contribution in [0.25, 0.3) is 11.3 Å². The van der Waals surface area contributed by atoms with Gasteiger partial charge in [0.05, 0.1) is 12.3 Å². The zero-order valence-corrected chi connectivity index (χ0v) is 17.2. The second kappa shape index (κ2) is 9.13. The molecule has 3 aromatic rings. The highest BCUT2D eigenvalue weighted by molar-refractivity contribution is 7.91. The quantitative estimate of drug-likeness (QED) is 0.536. The average molecular weight is 420 g/mol. The third-order valence-corrected chi connectivity index (χ3v) is 6.68. The van der Waals surface area contributed by atoms with E-state index in [2.05, 4.69) is 14.9 Å². The summed E-state index contributed by atoms with van der Waals surface area (Å²) in [6.45, 7) is 4.71. The predicted octanol–water partition coefficient (Wildman–Crippen LogP) is 3.27. The molecule has 0 radical (unpaired) electrons. The van der Waals surface area contributed by atoms with Gasteiger partial charge in [0.1, 0.15) is 16.6 Å². The van der Waals surface area contributed by atoms with Crippen molar-refractivity contribution in [2.75, 3.05) is 19.8 Å². The average Bonchev–Trinajstić information content (AvgIpc) is 3.14. The summed E-state index contributed by atoms with van der Waals surface area (Å²) in [7, 11) is -3.50. The van der Waals surface area contributed by atoms with Crippen LogP contribution in [0.2, 0.25) is 0 Å². The Hall–Kier alpha value is -2.49. The Morgan fingerprint density at radius 1 is 1.00 bits per heavy atom. The molecule has 0 amide bonds. The summed E-state index contributed by atoms with van der Waals surface area (Å²) in [5.74, 6) is 1.14. The summed E-state index contributed by atoms with van der Waals surface area (Å²) in [5, 5.41) is 8.18. The Kier molecular flexibility index (Phi) is 6.61. The van der Waals surface area contributed by atoms with Crippen molar-refractivity contribution in [2.45, 2.75) is 18.1 Å². The lowest BCUT2D eigenvalue weighted by Gasteiger charge is -2.07. The van der Waals surface area contributed by atoms with Gasteiger partial charge in [0.15, 0.2) is 0 Å². The largest absolute Gasteiger partial charge is 0.494 e. The summed E-state index contributed by atoms with van der Waals surface area (Å²) in [4.78, 5) is 0.944. The van der Waals surface area contributed by atoms with E-state index in [-0.39, 0.29) is 13.2 Å². The first-order chi connectivity index (χ1) is 13.5. The number of thiophene rings is 1. The number of benzene rings is 1. The molecule has 1 N–H and O–H groups in total. The van der Waals surface area contributed by atoms with E-state index < -0.39 is 10.0 Å². The first kappa shape index (κ1) is 20.2. The fourth-order valence-electron chi connectivity index (χ4n) is 2.40. The standard InChI is InChI=1S/C19H21N3O4S2/c1-3-25-16-7-5-15(6-8-16)17-9-10-18(22-21-17)26-13-12-20-28(23,24)19-11-4-14(2)27-19/h4-11,20H,3,12-13H2,1-2H3. The molecule has 0 saturated heterocycles. The molecular formula is C19H21N3O4S2. The van der Waals surface area contributed by atoms with E-state index in [1.807, 2.05) is 38.1 Å². The number of aryl methyl sites for hydroxylation is 1. The van der Waals surface area contributed by atoms with Gasteiger partial charge in [-0.3, -0.25) is 0 Å². The Morgan fingerprint density at radius 3 is 2.39 bits per heavy atom. The fourth-order valence-corrected chi connectivity index (χ4v) is 4.74. The van der Waals surface area contributed by atoms with E-state index in [4.69, 9.17) is 9.47 Å². The molecule has 0 unspecified atom stereocenters. The van der Waals surface area contributed by atoms with Crippen LogP contribution >= 0.6 is 11.3 Å². The van der Waals surface area contributed by atoms with Gasteiger partial charge in [-0.05, 0) is 56.3 Å². The van der Waals surface area contributed by atoms with Crippen LogP contribution in [0.4, 0.5) is 0 Å². The van der Waals surface area contributed by atoms with Crippen LogP contribution in [0, 0.1) is 6.92 Å². The molecule has 0 atom stereocenters. The highest BCUT2D eigenvalue weighted by Gasteiger charge is 2.15. The molecule has 1 aromatic carbocycles. The van der Waals surface area contributed by atoms with Gasteiger partial charge in [0.25, 0.3) is 0 Å². The van der Waals surface area contributed by atoms with Crippen molar-refractivity contribution in [3.8, 4) is 22.9 Å². The van der Waals surface area contributed by atoms with Crippen LogP contribution in [0.1, 0.15) is 11.8 Å². The molecule has 0 saturated carbocycles. The Balaban J connectivity index is 1.50. The van der Waals surface area contributed by atoms with Gasteiger partial charge in [-0.25, -0.2) is 13.1 Å². The van der Waals surface area contributed by atoms with Gasteiger partial charge in [-0.1, -0.05) is 0 Å². The maximum atomic E-state index is 12.1. The van der Waals surface area contributed by atoms with Gasteiger partial charge in [-0.2, -0.15) is 0 Å². The van der Waals surface area contributed by atoms with Crippen LogP contribution in [-0.4, -0.2) is 38.4 Å². The fraction of sp³-hybridized carbons (Fsp3) is 0.263. The molecule has 3 rings (SSSR count). The van der Waals surface area contributed by atoms with Crippen LogP contribution < -0.4 is 14.2 Å². The maximum Gasteiger partial charge on any atom is 0.250 e. The smallest absolute Gasteiger partial charge is 0.250 e. The molecule has 2 aromatic heterocycles. The van der Waals surface area contributed by atoms with Gasteiger partial charge < -0.3 is 9.47 Å². The monoisotopic (exact) mass is 419 g/mol. The molecular weight excluding hydrogens is 398 g/mol. The van der Waals surface area contributed by atoms with E-state index in [0.29, 0.717) is 22.4 Å².